The van der Waals surface area contributed by atoms with Crippen molar-refractivity contribution in [1.82, 2.24) is 9.55 Å². The summed E-state index contributed by atoms with van der Waals surface area (Å²) in [5.41, 5.74) is 3.31. The predicted molar refractivity (Wildman–Crippen MR) is 149 cm³/mol. The Labute approximate surface area is 229 Å². The third-order valence-electron chi connectivity index (χ3n) is 7.60. The molecule has 0 amide bonds. The van der Waals surface area contributed by atoms with Gasteiger partial charge in [-0.05, 0) is 73.7 Å². The maximum atomic E-state index is 13.8. The minimum atomic E-state index is -4.61. The summed E-state index contributed by atoms with van der Waals surface area (Å²) < 4.78 is 42.8. The third kappa shape index (κ3) is 5.51. The molecule has 1 aliphatic rings. The Kier molecular flexibility index (Phi) is 7.27. The Bertz CT molecular complexity index is 1670. The van der Waals surface area contributed by atoms with E-state index < -0.39 is 23.6 Å². The molecule has 6 nitrogen and oxygen atoms in total. The van der Waals surface area contributed by atoms with Gasteiger partial charge in [-0.2, -0.15) is 13.2 Å². The van der Waals surface area contributed by atoms with Crippen LogP contribution < -0.4 is 10.5 Å². The van der Waals surface area contributed by atoms with Crippen molar-refractivity contribution in [2.45, 2.75) is 45.4 Å². The number of piperidine rings is 1. The first-order chi connectivity index (χ1) is 18.9. The Morgan fingerprint density at radius 1 is 1.02 bits per heavy atom. The summed E-state index contributed by atoms with van der Waals surface area (Å²) in [7, 11) is 1.70. The van der Waals surface area contributed by atoms with Crippen LogP contribution in [0.2, 0.25) is 0 Å². The highest BCUT2D eigenvalue weighted by molar-refractivity contribution is 5.99. The first kappa shape index (κ1) is 27.6. The van der Waals surface area contributed by atoms with E-state index in [0.29, 0.717) is 48.3 Å². The number of Topliss-reactive ketones (excluding diaryl/α,β-unsaturated/α-hetero) is 1. The van der Waals surface area contributed by atoms with E-state index in [9.17, 15) is 27.9 Å². The monoisotopic (exact) mass is 549 g/mol. The number of hydrogen-bond donors (Lipinski definition) is 1. The van der Waals surface area contributed by atoms with Crippen LogP contribution in [0.4, 0.5) is 18.9 Å². The van der Waals surface area contributed by atoms with E-state index in [-0.39, 0.29) is 17.5 Å². The van der Waals surface area contributed by atoms with Crippen LogP contribution in [0.15, 0.2) is 59.5 Å². The highest BCUT2D eigenvalue weighted by Gasteiger charge is 2.33. The van der Waals surface area contributed by atoms with Crippen molar-refractivity contribution in [3.63, 3.8) is 0 Å². The molecule has 40 heavy (non-hydrogen) atoms. The number of aliphatic hydroxyl groups excluding tert-OH is 1. The van der Waals surface area contributed by atoms with Gasteiger partial charge >= 0.3 is 6.18 Å². The summed E-state index contributed by atoms with van der Waals surface area (Å²) in [4.78, 5) is 32.7. The molecular formula is C31H30F3N3O3. The molecule has 1 N–H and O–H groups in total. The van der Waals surface area contributed by atoms with Gasteiger partial charge < -0.3 is 14.6 Å². The number of pyridine rings is 2. The fourth-order valence-electron chi connectivity index (χ4n) is 5.26. The lowest BCUT2D eigenvalue weighted by Crippen LogP contribution is -2.36. The van der Waals surface area contributed by atoms with Crippen LogP contribution in [0.25, 0.3) is 22.0 Å². The van der Waals surface area contributed by atoms with E-state index in [2.05, 4.69) is 4.98 Å². The average Bonchev–Trinajstić information content (AvgIpc) is 2.92. The van der Waals surface area contributed by atoms with Crippen molar-refractivity contribution >= 4 is 22.4 Å². The van der Waals surface area contributed by atoms with Crippen molar-refractivity contribution in [1.29, 1.82) is 0 Å². The fraction of sp³-hybridized carbons (Fsp3) is 0.323. The van der Waals surface area contributed by atoms with Gasteiger partial charge in [0, 0.05) is 60.6 Å². The molecule has 2 aromatic carbocycles. The number of alkyl halides is 3. The van der Waals surface area contributed by atoms with Crippen molar-refractivity contribution in [2.75, 3.05) is 18.0 Å². The number of rotatable bonds is 5. The second-order valence-corrected chi connectivity index (χ2v) is 10.5. The van der Waals surface area contributed by atoms with E-state index in [1.807, 2.05) is 26.0 Å². The van der Waals surface area contributed by atoms with Gasteiger partial charge in [0.05, 0.1) is 17.2 Å². The van der Waals surface area contributed by atoms with Gasteiger partial charge in [0.2, 0.25) is 0 Å². The van der Waals surface area contributed by atoms with Crippen molar-refractivity contribution in [3.8, 4) is 11.1 Å². The van der Waals surface area contributed by atoms with E-state index in [0.717, 1.165) is 34.3 Å². The molecule has 0 saturated carbocycles. The van der Waals surface area contributed by atoms with Crippen LogP contribution in [0.1, 0.15) is 45.6 Å². The van der Waals surface area contributed by atoms with Gasteiger partial charge in [-0.25, -0.2) is 0 Å². The molecule has 208 valence electrons. The van der Waals surface area contributed by atoms with Crippen molar-refractivity contribution in [2.24, 2.45) is 7.05 Å². The SMILES string of the molecule is Cc1cc2c(cn1)cc(-c1cc(CC(=O)c3cc(N4CCC(O)CC4)cc(C(F)(F)F)c3)ccc1C)c(=O)n2C. The van der Waals surface area contributed by atoms with Crippen molar-refractivity contribution < 1.29 is 23.1 Å². The fourth-order valence-corrected chi connectivity index (χ4v) is 5.26. The zero-order valence-corrected chi connectivity index (χ0v) is 22.5. The molecule has 0 bridgehead atoms. The molecule has 2 aromatic heterocycles. The Morgan fingerprint density at radius 2 is 1.75 bits per heavy atom. The van der Waals surface area contributed by atoms with Crippen molar-refractivity contribution in [3.05, 3.63) is 93.0 Å². The van der Waals surface area contributed by atoms with E-state index in [4.69, 9.17) is 0 Å². The zero-order valence-electron chi connectivity index (χ0n) is 22.5. The predicted octanol–water partition coefficient (Wildman–Crippen LogP) is 5.62. The number of ketones is 1. The number of halogens is 3. The Morgan fingerprint density at radius 3 is 2.45 bits per heavy atom. The lowest BCUT2D eigenvalue weighted by Gasteiger charge is -2.32. The lowest BCUT2D eigenvalue weighted by atomic mass is 9.94. The first-order valence-electron chi connectivity index (χ1n) is 13.2. The molecule has 0 unspecified atom stereocenters. The van der Waals surface area contributed by atoms with Crippen LogP contribution in [0, 0.1) is 13.8 Å². The molecule has 4 aromatic rings. The number of aryl methyl sites for hydroxylation is 3. The van der Waals surface area contributed by atoms with E-state index >= 15 is 0 Å². The summed E-state index contributed by atoms with van der Waals surface area (Å²) in [5, 5.41) is 10.6. The molecule has 1 aliphatic heterocycles. The van der Waals surface area contributed by atoms with Crippen LogP contribution >= 0.6 is 0 Å². The molecule has 0 spiro atoms. The molecule has 0 radical (unpaired) electrons. The molecule has 5 rings (SSSR count). The number of carbonyl (C=O) groups excluding carboxylic acids is 1. The molecule has 3 heterocycles. The number of hydrogen-bond acceptors (Lipinski definition) is 5. The van der Waals surface area contributed by atoms with Gasteiger partial charge in [0.15, 0.2) is 5.78 Å². The number of carbonyl (C=O) groups is 1. The standard InChI is InChI=1S/C31H30F3N3O3/c1-18-4-5-20(11-26(18)27-15-22-17-35-19(2)10-28(22)36(3)30(27)40)12-29(39)21-13-23(31(32,33)34)16-24(14-21)37-8-6-25(38)7-9-37/h4-5,10-11,13-17,25,38H,6-9,12H2,1-3H3. The summed E-state index contributed by atoms with van der Waals surface area (Å²) in [6.07, 6.45) is -2.59. The average molecular weight is 550 g/mol. The van der Waals surface area contributed by atoms with Gasteiger partial charge in [0.25, 0.3) is 5.56 Å². The molecular weight excluding hydrogens is 519 g/mol. The summed E-state index contributed by atoms with van der Waals surface area (Å²) in [6, 6.07) is 12.4. The number of aliphatic hydroxyl groups is 1. The highest BCUT2D eigenvalue weighted by Crippen LogP contribution is 2.34. The highest BCUT2D eigenvalue weighted by atomic mass is 19.4. The van der Waals surface area contributed by atoms with Gasteiger partial charge in [-0.3, -0.25) is 14.6 Å². The minimum Gasteiger partial charge on any atom is -0.393 e. The molecule has 0 atom stereocenters. The zero-order chi connectivity index (χ0) is 28.8. The normalized spacial score (nSPS) is 14.6. The minimum absolute atomic E-state index is 0.0267. The summed E-state index contributed by atoms with van der Waals surface area (Å²) in [5.74, 6) is -0.453. The molecule has 1 saturated heterocycles. The number of aromatic nitrogens is 2. The maximum absolute atomic E-state index is 13.8. The maximum Gasteiger partial charge on any atom is 0.416 e. The van der Waals surface area contributed by atoms with Crippen LogP contribution in [0.3, 0.4) is 0 Å². The third-order valence-corrected chi connectivity index (χ3v) is 7.60. The topological polar surface area (TPSA) is 75.4 Å². The summed E-state index contributed by atoms with van der Waals surface area (Å²) in [6.45, 7) is 4.54. The number of benzene rings is 2. The molecule has 1 fully saturated rings. The second-order valence-electron chi connectivity index (χ2n) is 10.5. The Hall–Kier alpha value is -3.98. The Balaban J connectivity index is 1.50. The smallest absolute Gasteiger partial charge is 0.393 e. The molecule has 0 aliphatic carbocycles. The van der Waals surface area contributed by atoms with Crippen LogP contribution in [-0.4, -0.2) is 39.6 Å². The molecule has 9 heteroatoms. The summed E-state index contributed by atoms with van der Waals surface area (Å²) >= 11 is 0. The first-order valence-corrected chi connectivity index (χ1v) is 13.2. The van der Waals surface area contributed by atoms with Gasteiger partial charge in [0.1, 0.15) is 0 Å². The largest absolute Gasteiger partial charge is 0.416 e. The number of fused-ring (bicyclic) bond motifs is 1. The van der Waals surface area contributed by atoms with E-state index in [1.165, 1.54) is 6.07 Å². The number of anilines is 1. The van der Waals surface area contributed by atoms with E-state index in [1.54, 1.807) is 40.9 Å². The van der Waals surface area contributed by atoms with Gasteiger partial charge in [-0.1, -0.05) is 18.2 Å². The second kappa shape index (κ2) is 10.5. The lowest BCUT2D eigenvalue weighted by molar-refractivity contribution is -0.137. The number of nitrogens with zero attached hydrogens (tertiary/aromatic N) is 3. The van der Waals surface area contributed by atoms with Crippen LogP contribution in [-0.2, 0) is 19.6 Å². The quantitative estimate of drug-likeness (QED) is 0.327. The van der Waals surface area contributed by atoms with Crippen LogP contribution in [0.5, 0.6) is 0 Å². The van der Waals surface area contributed by atoms with Gasteiger partial charge in [-0.15, -0.1) is 0 Å².